The largest absolute Gasteiger partial charge is 0.478 e. The molecule has 8 nitrogen and oxygen atoms in total. The van der Waals surface area contributed by atoms with Crippen LogP contribution in [0, 0.1) is 6.92 Å². The zero-order valence-electron chi connectivity index (χ0n) is 16.0. The Bertz CT molecular complexity index is 1150. The van der Waals surface area contributed by atoms with Crippen molar-refractivity contribution in [3.05, 3.63) is 69.6 Å². The highest BCUT2D eigenvalue weighted by Gasteiger charge is 2.20. The van der Waals surface area contributed by atoms with E-state index in [0.29, 0.717) is 22.7 Å². The number of hydrogen-bond donors (Lipinski definition) is 2. The van der Waals surface area contributed by atoms with Crippen molar-refractivity contribution in [1.29, 1.82) is 0 Å². The lowest BCUT2D eigenvalue weighted by Crippen LogP contribution is -2.28. The van der Waals surface area contributed by atoms with Gasteiger partial charge >= 0.3 is 5.97 Å². The van der Waals surface area contributed by atoms with Crippen molar-refractivity contribution in [2.24, 2.45) is 5.10 Å². The summed E-state index contributed by atoms with van der Waals surface area (Å²) in [5.41, 5.74) is 5.50. The number of aryl methyl sites for hydroxylation is 1. The number of hydrazone groups is 1. The van der Waals surface area contributed by atoms with Crippen LogP contribution in [0.25, 0.3) is 5.65 Å². The summed E-state index contributed by atoms with van der Waals surface area (Å²) in [6.07, 6.45) is 5.34. The number of carboxylic acid groups (broad SMARTS) is 1. The molecule has 0 radical (unpaired) electrons. The Labute approximate surface area is 167 Å². The lowest BCUT2D eigenvalue weighted by atomic mass is 10.2. The summed E-state index contributed by atoms with van der Waals surface area (Å²) in [5.74, 6) is -0.338. The van der Waals surface area contributed by atoms with Gasteiger partial charge in [-0.2, -0.15) is 5.10 Å². The van der Waals surface area contributed by atoms with Crippen LogP contribution in [0.1, 0.15) is 34.3 Å². The summed E-state index contributed by atoms with van der Waals surface area (Å²) < 4.78 is 1.54. The Hall–Kier alpha value is -3.68. The molecule has 2 N–H and O–H groups in total. The third-order valence-corrected chi connectivity index (χ3v) is 4.99. The van der Waals surface area contributed by atoms with E-state index in [0.717, 1.165) is 31.5 Å². The fourth-order valence-electron chi connectivity index (χ4n) is 3.44. The van der Waals surface area contributed by atoms with Crippen molar-refractivity contribution in [3.63, 3.8) is 0 Å². The van der Waals surface area contributed by atoms with Gasteiger partial charge in [0.05, 0.1) is 17.5 Å². The monoisotopic (exact) mass is 391 g/mol. The number of nitrogens with one attached hydrogen (secondary N) is 1. The zero-order valence-corrected chi connectivity index (χ0v) is 16.0. The van der Waals surface area contributed by atoms with Crippen LogP contribution >= 0.6 is 0 Å². The molecule has 4 rings (SSSR count). The van der Waals surface area contributed by atoms with E-state index in [2.05, 4.69) is 15.4 Å². The van der Waals surface area contributed by atoms with Gasteiger partial charge < -0.3 is 10.0 Å². The molecule has 1 aliphatic heterocycles. The third kappa shape index (κ3) is 3.69. The predicted molar refractivity (Wildman–Crippen MR) is 112 cm³/mol. The first-order chi connectivity index (χ1) is 14.0. The minimum Gasteiger partial charge on any atom is -0.478 e. The number of rotatable bonds is 5. The van der Waals surface area contributed by atoms with Gasteiger partial charge in [0.1, 0.15) is 17.0 Å². The Morgan fingerprint density at radius 3 is 2.62 bits per heavy atom. The Morgan fingerprint density at radius 2 is 1.93 bits per heavy atom. The molecule has 0 aliphatic carbocycles. The minimum absolute atomic E-state index is 0.174. The summed E-state index contributed by atoms with van der Waals surface area (Å²) in [6.45, 7) is 3.66. The maximum Gasteiger partial charge on any atom is 0.335 e. The summed E-state index contributed by atoms with van der Waals surface area (Å²) in [4.78, 5) is 31.0. The summed E-state index contributed by atoms with van der Waals surface area (Å²) in [7, 11) is 0. The topological polar surface area (TPSA) is 99.3 Å². The molecule has 1 saturated heterocycles. The van der Waals surface area contributed by atoms with Gasteiger partial charge in [-0.1, -0.05) is 6.07 Å². The van der Waals surface area contributed by atoms with Crippen LogP contribution in [0.15, 0.2) is 52.5 Å². The average Bonchev–Trinajstić information content (AvgIpc) is 3.25. The van der Waals surface area contributed by atoms with Gasteiger partial charge in [-0.3, -0.25) is 14.6 Å². The van der Waals surface area contributed by atoms with Gasteiger partial charge in [-0.15, -0.1) is 0 Å². The Balaban J connectivity index is 1.70. The molecule has 1 aliphatic rings. The fraction of sp³-hybridized carbons (Fsp3) is 0.238. The number of nitrogens with zero attached hydrogens (tertiary/aromatic N) is 4. The molecule has 0 spiro atoms. The SMILES string of the molecule is Cc1cccn2c(=O)c(/C=N/Nc3ccc(C(=O)O)cc3)c(N3CCCC3)nc12. The van der Waals surface area contributed by atoms with Crippen molar-refractivity contribution in [1.82, 2.24) is 9.38 Å². The molecule has 148 valence electrons. The molecule has 3 aromatic rings. The van der Waals surface area contributed by atoms with E-state index >= 15 is 0 Å². The Morgan fingerprint density at radius 1 is 1.21 bits per heavy atom. The van der Waals surface area contributed by atoms with Crippen LogP contribution in [0.4, 0.5) is 11.5 Å². The van der Waals surface area contributed by atoms with Crippen molar-refractivity contribution in [2.45, 2.75) is 19.8 Å². The molecule has 8 heteroatoms. The van der Waals surface area contributed by atoms with E-state index in [1.54, 1.807) is 18.3 Å². The normalized spacial score (nSPS) is 14.0. The number of aromatic carboxylic acids is 1. The molecule has 0 atom stereocenters. The predicted octanol–water partition coefficient (Wildman–Crippen LogP) is 2.75. The van der Waals surface area contributed by atoms with Gasteiger partial charge in [0.25, 0.3) is 5.56 Å². The van der Waals surface area contributed by atoms with E-state index in [1.165, 1.54) is 22.7 Å². The first-order valence-electron chi connectivity index (χ1n) is 9.44. The maximum absolute atomic E-state index is 13.1. The average molecular weight is 391 g/mol. The lowest BCUT2D eigenvalue weighted by Gasteiger charge is -2.19. The fourth-order valence-corrected chi connectivity index (χ4v) is 3.44. The number of fused-ring (bicyclic) bond motifs is 1. The van der Waals surface area contributed by atoms with E-state index in [4.69, 9.17) is 10.1 Å². The molecule has 0 bridgehead atoms. The van der Waals surface area contributed by atoms with E-state index in [9.17, 15) is 9.59 Å². The van der Waals surface area contributed by atoms with Crippen molar-refractivity contribution in [3.8, 4) is 0 Å². The first kappa shape index (κ1) is 18.7. The second-order valence-electron chi connectivity index (χ2n) is 6.99. The van der Waals surface area contributed by atoms with Gasteiger partial charge in [-0.25, -0.2) is 9.78 Å². The molecule has 3 heterocycles. The summed E-state index contributed by atoms with van der Waals surface area (Å²) in [6, 6.07) is 9.99. The maximum atomic E-state index is 13.1. The summed E-state index contributed by atoms with van der Waals surface area (Å²) in [5, 5.41) is 13.2. The standard InChI is InChI=1S/C21H21N5O3/c1-14-5-4-12-26-18(14)23-19(25-10-2-3-11-25)17(20(26)27)13-22-24-16-8-6-15(7-9-16)21(28)29/h4-9,12-13,24H,2-3,10-11H2,1H3,(H,28,29)/b22-13+. The van der Waals surface area contributed by atoms with Crippen LogP contribution in [-0.2, 0) is 0 Å². The van der Waals surface area contributed by atoms with Gasteiger partial charge in [-0.05, 0) is 55.7 Å². The Kier molecular flexibility index (Phi) is 4.99. The summed E-state index contributed by atoms with van der Waals surface area (Å²) >= 11 is 0. The molecular weight excluding hydrogens is 370 g/mol. The number of hydrogen-bond acceptors (Lipinski definition) is 6. The second-order valence-corrected chi connectivity index (χ2v) is 6.99. The van der Waals surface area contributed by atoms with Crippen LogP contribution < -0.4 is 15.9 Å². The van der Waals surface area contributed by atoms with Gasteiger partial charge in [0.2, 0.25) is 0 Å². The third-order valence-electron chi connectivity index (χ3n) is 4.99. The minimum atomic E-state index is -0.985. The zero-order chi connectivity index (χ0) is 20.4. The lowest BCUT2D eigenvalue weighted by molar-refractivity contribution is 0.0697. The smallest absolute Gasteiger partial charge is 0.335 e. The highest BCUT2D eigenvalue weighted by Crippen LogP contribution is 2.21. The number of anilines is 2. The molecule has 29 heavy (non-hydrogen) atoms. The van der Waals surface area contributed by atoms with Crippen molar-refractivity contribution in [2.75, 3.05) is 23.4 Å². The molecular formula is C21H21N5O3. The van der Waals surface area contributed by atoms with E-state index in [-0.39, 0.29) is 11.1 Å². The van der Waals surface area contributed by atoms with Crippen LogP contribution in [0.5, 0.6) is 0 Å². The molecule has 1 fully saturated rings. The quantitative estimate of drug-likeness (QED) is 0.513. The van der Waals surface area contributed by atoms with E-state index in [1.807, 2.05) is 19.1 Å². The molecule has 0 unspecified atom stereocenters. The number of carbonyl (C=O) groups is 1. The molecule has 0 saturated carbocycles. The van der Waals surface area contributed by atoms with Crippen LogP contribution in [-0.4, -0.2) is 39.8 Å². The number of benzene rings is 1. The van der Waals surface area contributed by atoms with Crippen LogP contribution in [0.3, 0.4) is 0 Å². The molecule has 0 amide bonds. The van der Waals surface area contributed by atoms with Gasteiger partial charge in [0, 0.05) is 19.3 Å². The second kappa shape index (κ2) is 7.75. The highest BCUT2D eigenvalue weighted by molar-refractivity contribution is 5.89. The van der Waals surface area contributed by atoms with Crippen molar-refractivity contribution >= 4 is 29.3 Å². The number of pyridine rings is 1. The van der Waals surface area contributed by atoms with Crippen molar-refractivity contribution < 1.29 is 9.90 Å². The first-order valence-corrected chi connectivity index (χ1v) is 9.44. The highest BCUT2D eigenvalue weighted by atomic mass is 16.4. The molecule has 1 aromatic carbocycles. The van der Waals surface area contributed by atoms with Crippen LogP contribution in [0.2, 0.25) is 0 Å². The number of aromatic nitrogens is 2. The van der Waals surface area contributed by atoms with E-state index < -0.39 is 5.97 Å². The van der Waals surface area contributed by atoms with Gasteiger partial charge in [0.15, 0.2) is 0 Å². The molecule has 2 aromatic heterocycles. The number of carboxylic acids is 1.